The average molecular weight is 259 g/mol. The van der Waals surface area contributed by atoms with Crippen LogP contribution in [0.5, 0.6) is 5.75 Å². The molecule has 0 unspecified atom stereocenters. The molecule has 0 bridgehead atoms. The standard InChI is InChI=1S/C15H17NOS/c1-10-5-6-13(14(9-10)17-4)16-12(3)15-11(2)7-8-18-15/h5-9H,1-4H3. The number of hydrogen-bond donors (Lipinski definition) is 0. The van der Waals surface area contributed by atoms with Gasteiger partial charge in [-0.15, -0.1) is 11.3 Å². The Balaban J connectivity index is 2.42. The molecule has 0 spiro atoms. The van der Waals surface area contributed by atoms with Gasteiger partial charge in [-0.3, -0.25) is 0 Å². The minimum absolute atomic E-state index is 0.823. The number of ether oxygens (including phenoxy) is 1. The summed E-state index contributed by atoms with van der Waals surface area (Å²) >= 11 is 1.72. The molecule has 0 radical (unpaired) electrons. The molecule has 2 rings (SSSR count). The Labute approximate surface area is 112 Å². The van der Waals surface area contributed by atoms with Gasteiger partial charge in [0, 0.05) is 0 Å². The molecule has 0 N–H and O–H groups in total. The number of aliphatic imine (C=N–C) groups is 1. The first-order chi connectivity index (χ1) is 8.61. The maximum atomic E-state index is 5.37. The van der Waals surface area contributed by atoms with Crippen LogP contribution in [0.2, 0.25) is 0 Å². The Morgan fingerprint density at radius 2 is 2.00 bits per heavy atom. The molecule has 2 nitrogen and oxygen atoms in total. The van der Waals surface area contributed by atoms with E-state index in [1.807, 2.05) is 26.0 Å². The predicted octanol–water partition coefficient (Wildman–Crippen LogP) is 4.51. The minimum Gasteiger partial charge on any atom is -0.494 e. The summed E-state index contributed by atoms with van der Waals surface area (Å²) in [4.78, 5) is 5.91. The quantitative estimate of drug-likeness (QED) is 0.743. The lowest BCUT2D eigenvalue weighted by molar-refractivity contribution is 0.416. The van der Waals surface area contributed by atoms with Gasteiger partial charge >= 0.3 is 0 Å². The summed E-state index contributed by atoms with van der Waals surface area (Å²) < 4.78 is 5.37. The Hall–Kier alpha value is -1.61. The van der Waals surface area contributed by atoms with Crippen molar-refractivity contribution in [2.75, 3.05) is 7.11 Å². The summed E-state index contributed by atoms with van der Waals surface area (Å²) in [6, 6.07) is 8.18. The highest BCUT2D eigenvalue weighted by atomic mass is 32.1. The third-order valence-corrected chi connectivity index (χ3v) is 3.94. The van der Waals surface area contributed by atoms with E-state index in [-0.39, 0.29) is 0 Å². The van der Waals surface area contributed by atoms with E-state index in [9.17, 15) is 0 Å². The summed E-state index contributed by atoms with van der Waals surface area (Å²) in [6.45, 7) is 6.20. The molecule has 18 heavy (non-hydrogen) atoms. The van der Waals surface area contributed by atoms with Gasteiger partial charge in [0.2, 0.25) is 0 Å². The summed E-state index contributed by atoms with van der Waals surface area (Å²) in [5.41, 5.74) is 4.36. The number of rotatable bonds is 3. The van der Waals surface area contributed by atoms with Gasteiger partial charge in [0.05, 0.1) is 17.7 Å². The fourth-order valence-electron chi connectivity index (χ4n) is 1.85. The third-order valence-electron chi connectivity index (χ3n) is 2.81. The molecule has 0 saturated heterocycles. The molecule has 0 fully saturated rings. The monoisotopic (exact) mass is 259 g/mol. The highest BCUT2D eigenvalue weighted by Gasteiger charge is 2.06. The topological polar surface area (TPSA) is 21.6 Å². The molecule has 94 valence electrons. The van der Waals surface area contributed by atoms with E-state index in [1.54, 1.807) is 18.4 Å². The van der Waals surface area contributed by atoms with Crippen LogP contribution in [0.3, 0.4) is 0 Å². The van der Waals surface area contributed by atoms with Crippen LogP contribution in [0.4, 0.5) is 5.69 Å². The maximum absolute atomic E-state index is 5.37. The fraction of sp³-hybridized carbons (Fsp3) is 0.267. The van der Waals surface area contributed by atoms with E-state index in [2.05, 4.69) is 29.4 Å². The van der Waals surface area contributed by atoms with E-state index in [4.69, 9.17) is 4.74 Å². The maximum Gasteiger partial charge on any atom is 0.144 e. The summed E-state index contributed by atoms with van der Waals surface area (Å²) in [7, 11) is 1.68. The molecule has 1 heterocycles. The molecular formula is C15H17NOS. The zero-order valence-corrected chi connectivity index (χ0v) is 12.0. The van der Waals surface area contributed by atoms with Gasteiger partial charge in [0.15, 0.2) is 0 Å². The highest BCUT2D eigenvalue weighted by Crippen LogP contribution is 2.29. The Morgan fingerprint density at radius 3 is 2.61 bits per heavy atom. The zero-order chi connectivity index (χ0) is 13.1. The number of aryl methyl sites for hydroxylation is 2. The van der Waals surface area contributed by atoms with Gasteiger partial charge in [-0.25, -0.2) is 4.99 Å². The van der Waals surface area contributed by atoms with E-state index in [0.29, 0.717) is 0 Å². The summed E-state index contributed by atoms with van der Waals surface area (Å²) in [5, 5.41) is 2.09. The van der Waals surface area contributed by atoms with Gasteiger partial charge in [-0.1, -0.05) is 6.07 Å². The SMILES string of the molecule is COc1cc(C)ccc1N=C(C)c1sccc1C. The van der Waals surface area contributed by atoms with Crippen LogP contribution in [0.1, 0.15) is 22.9 Å². The van der Waals surface area contributed by atoms with Crippen molar-refractivity contribution < 1.29 is 4.74 Å². The number of benzene rings is 1. The molecular weight excluding hydrogens is 242 g/mol. The lowest BCUT2D eigenvalue weighted by atomic mass is 10.2. The van der Waals surface area contributed by atoms with Crippen molar-refractivity contribution in [3.63, 3.8) is 0 Å². The normalized spacial score (nSPS) is 11.7. The lowest BCUT2D eigenvalue weighted by Gasteiger charge is -2.07. The molecule has 1 aromatic carbocycles. The molecule has 1 aromatic heterocycles. The van der Waals surface area contributed by atoms with Gasteiger partial charge in [-0.05, 0) is 55.5 Å². The molecule has 0 atom stereocenters. The number of thiophene rings is 1. The van der Waals surface area contributed by atoms with Gasteiger partial charge < -0.3 is 4.74 Å². The van der Waals surface area contributed by atoms with E-state index in [1.165, 1.54) is 16.0 Å². The molecule has 0 aliphatic carbocycles. The van der Waals surface area contributed by atoms with Crippen molar-refractivity contribution >= 4 is 22.7 Å². The van der Waals surface area contributed by atoms with Crippen LogP contribution in [-0.4, -0.2) is 12.8 Å². The third kappa shape index (κ3) is 2.62. The second-order valence-electron chi connectivity index (χ2n) is 4.31. The number of methoxy groups -OCH3 is 1. The zero-order valence-electron chi connectivity index (χ0n) is 11.2. The first-order valence-electron chi connectivity index (χ1n) is 5.86. The number of nitrogens with zero attached hydrogens (tertiary/aromatic N) is 1. The van der Waals surface area contributed by atoms with Crippen LogP contribution >= 0.6 is 11.3 Å². The van der Waals surface area contributed by atoms with Gasteiger partial charge in [0.25, 0.3) is 0 Å². The van der Waals surface area contributed by atoms with Gasteiger partial charge in [-0.2, -0.15) is 0 Å². The van der Waals surface area contributed by atoms with Crippen LogP contribution in [0.15, 0.2) is 34.6 Å². The molecule has 2 aromatic rings. The smallest absolute Gasteiger partial charge is 0.144 e. The van der Waals surface area contributed by atoms with Crippen LogP contribution < -0.4 is 4.74 Å². The molecule has 0 amide bonds. The molecule has 0 aliphatic heterocycles. The summed E-state index contributed by atoms with van der Waals surface area (Å²) in [6.07, 6.45) is 0. The van der Waals surface area contributed by atoms with Crippen molar-refractivity contribution in [3.8, 4) is 5.75 Å². The average Bonchev–Trinajstić information content (AvgIpc) is 2.77. The van der Waals surface area contributed by atoms with Gasteiger partial charge in [0.1, 0.15) is 11.4 Å². The van der Waals surface area contributed by atoms with Crippen molar-refractivity contribution in [1.29, 1.82) is 0 Å². The lowest BCUT2D eigenvalue weighted by Crippen LogP contribution is -1.93. The fourth-order valence-corrected chi connectivity index (χ4v) is 2.73. The number of hydrogen-bond acceptors (Lipinski definition) is 3. The van der Waals surface area contributed by atoms with Crippen molar-refractivity contribution in [1.82, 2.24) is 0 Å². The van der Waals surface area contributed by atoms with Crippen molar-refractivity contribution in [2.45, 2.75) is 20.8 Å². The van der Waals surface area contributed by atoms with E-state index in [0.717, 1.165) is 17.1 Å². The van der Waals surface area contributed by atoms with Crippen LogP contribution in [-0.2, 0) is 0 Å². The second kappa shape index (κ2) is 5.36. The Kier molecular flexibility index (Phi) is 3.82. The summed E-state index contributed by atoms with van der Waals surface area (Å²) in [5.74, 6) is 0.823. The van der Waals surface area contributed by atoms with Crippen LogP contribution in [0.25, 0.3) is 0 Å². The van der Waals surface area contributed by atoms with Crippen molar-refractivity contribution in [3.05, 3.63) is 45.6 Å². The first-order valence-corrected chi connectivity index (χ1v) is 6.74. The predicted molar refractivity (Wildman–Crippen MR) is 78.7 cm³/mol. The largest absolute Gasteiger partial charge is 0.494 e. The highest BCUT2D eigenvalue weighted by molar-refractivity contribution is 7.12. The molecule has 3 heteroatoms. The minimum atomic E-state index is 0.823. The first kappa shape index (κ1) is 12.8. The van der Waals surface area contributed by atoms with Crippen LogP contribution in [0, 0.1) is 13.8 Å². The Bertz CT molecular complexity index is 584. The van der Waals surface area contributed by atoms with E-state index >= 15 is 0 Å². The molecule has 0 saturated carbocycles. The Morgan fingerprint density at radius 1 is 1.22 bits per heavy atom. The molecule has 0 aliphatic rings. The van der Waals surface area contributed by atoms with Crippen molar-refractivity contribution in [2.24, 2.45) is 4.99 Å². The van der Waals surface area contributed by atoms with E-state index < -0.39 is 0 Å². The second-order valence-corrected chi connectivity index (χ2v) is 5.22.